The van der Waals surface area contributed by atoms with Gasteiger partial charge in [0, 0.05) is 23.5 Å². The highest BCUT2D eigenvalue weighted by Crippen LogP contribution is 2.25. The number of benzene rings is 2. The number of halogens is 3. The van der Waals surface area contributed by atoms with E-state index in [0.29, 0.717) is 16.2 Å². The molecule has 2 rings (SSSR count). The Kier molecular flexibility index (Phi) is 5.46. The van der Waals surface area contributed by atoms with Gasteiger partial charge < -0.3 is 10.2 Å². The Morgan fingerprint density at radius 2 is 1.72 bits per heavy atom. The van der Waals surface area contributed by atoms with Crippen LogP contribution in [-0.2, 0) is 4.79 Å². The van der Waals surface area contributed by atoms with Crippen molar-refractivity contribution in [2.24, 2.45) is 0 Å². The van der Waals surface area contributed by atoms with Gasteiger partial charge in [-0.3, -0.25) is 9.59 Å². The van der Waals surface area contributed by atoms with Crippen LogP contribution in [0, 0.1) is 6.92 Å². The standard InChI is InChI=1S/C18H17F3N2O2/c1-3-23(17(25)18(19,20)21)15-9-7-14(8-10-15)22-16(24)13-6-4-5-12(2)11-13/h4-11H,3H2,1-2H3,(H,22,24). The van der Waals surface area contributed by atoms with Crippen LogP contribution in [0.2, 0.25) is 0 Å². The molecule has 0 radical (unpaired) electrons. The fourth-order valence-corrected chi connectivity index (χ4v) is 2.31. The van der Waals surface area contributed by atoms with Gasteiger partial charge in [-0.2, -0.15) is 13.2 Å². The Labute approximate surface area is 143 Å². The lowest BCUT2D eigenvalue weighted by Gasteiger charge is -2.22. The van der Waals surface area contributed by atoms with Crippen LogP contribution in [0.25, 0.3) is 0 Å². The second-order valence-corrected chi connectivity index (χ2v) is 5.42. The summed E-state index contributed by atoms with van der Waals surface area (Å²) in [7, 11) is 0. The average Bonchev–Trinajstić information content (AvgIpc) is 2.56. The van der Waals surface area contributed by atoms with Crippen molar-refractivity contribution in [3.63, 3.8) is 0 Å². The SMILES string of the molecule is CCN(C(=O)C(F)(F)F)c1ccc(NC(=O)c2cccc(C)c2)cc1. The van der Waals surface area contributed by atoms with Crippen LogP contribution >= 0.6 is 0 Å². The molecule has 0 heterocycles. The summed E-state index contributed by atoms with van der Waals surface area (Å²) >= 11 is 0. The van der Waals surface area contributed by atoms with E-state index in [1.807, 2.05) is 13.0 Å². The summed E-state index contributed by atoms with van der Waals surface area (Å²) in [5, 5.41) is 2.66. The fourth-order valence-electron chi connectivity index (χ4n) is 2.31. The molecule has 1 N–H and O–H groups in total. The third-order valence-corrected chi connectivity index (χ3v) is 3.52. The van der Waals surface area contributed by atoms with E-state index < -0.39 is 12.1 Å². The molecule has 2 aromatic rings. The molecule has 0 fully saturated rings. The van der Waals surface area contributed by atoms with Crippen molar-refractivity contribution >= 4 is 23.2 Å². The molecule has 0 unspecified atom stereocenters. The highest BCUT2D eigenvalue weighted by Gasteiger charge is 2.42. The Balaban J connectivity index is 2.14. The third-order valence-electron chi connectivity index (χ3n) is 3.52. The molecule has 0 aliphatic rings. The molecule has 4 nitrogen and oxygen atoms in total. The lowest BCUT2D eigenvalue weighted by molar-refractivity contribution is -0.170. The van der Waals surface area contributed by atoms with Gasteiger partial charge in [-0.25, -0.2) is 0 Å². The topological polar surface area (TPSA) is 49.4 Å². The number of nitrogens with zero attached hydrogens (tertiary/aromatic N) is 1. The summed E-state index contributed by atoms with van der Waals surface area (Å²) in [6.45, 7) is 3.20. The van der Waals surface area contributed by atoms with Crippen LogP contribution in [-0.4, -0.2) is 24.5 Å². The van der Waals surface area contributed by atoms with Crippen molar-refractivity contribution in [2.45, 2.75) is 20.0 Å². The number of carbonyl (C=O) groups excluding carboxylic acids is 2. The van der Waals surface area contributed by atoms with E-state index in [-0.39, 0.29) is 18.1 Å². The summed E-state index contributed by atoms with van der Waals surface area (Å²) < 4.78 is 37.8. The van der Waals surface area contributed by atoms with Crippen LogP contribution in [0.1, 0.15) is 22.8 Å². The van der Waals surface area contributed by atoms with E-state index in [2.05, 4.69) is 5.32 Å². The van der Waals surface area contributed by atoms with Crippen LogP contribution < -0.4 is 10.2 Å². The number of carbonyl (C=O) groups is 2. The van der Waals surface area contributed by atoms with Crippen molar-refractivity contribution in [3.8, 4) is 0 Å². The number of nitrogens with one attached hydrogen (secondary N) is 1. The number of hydrogen-bond donors (Lipinski definition) is 1. The van der Waals surface area contributed by atoms with Crippen LogP contribution in [0.3, 0.4) is 0 Å². The maximum Gasteiger partial charge on any atom is 0.471 e. The molecule has 0 atom stereocenters. The molecule has 0 aliphatic heterocycles. The molecule has 2 aromatic carbocycles. The minimum absolute atomic E-state index is 0.110. The maximum atomic E-state index is 12.6. The summed E-state index contributed by atoms with van der Waals surface area (Å²) in [6, 6.07) is 12.6. The molecule has 25 heavy (non-hydrogen) atoms. The van der Waals surface area contributed by atoms with Crippen LogP contribution in [0.15, 0.2) is 48.5 Å². The molecule has 0 spiro atoms. The predicted molar refractivity (Wildman–Crippen MR) is 89.7 cm³/mol. The van der Waals surface area contributed by atoms with Crippen LogP contribution in [0.4, 0.5) is 24.5 Å². The summed E-state index contributed by atoms with van der Waals surface area (Å²) in [5.41, 5.74) is 1.95. The molecule has 0 saturated heterocycles. The molecular formula is C18H17F3N2O2. The zero-order chi connectivity index (χ0) is 18.6. The highest BCUT2D eigenvalue weighted by molar-refractivity contribution is 6.04. The third kappa shape index (κ3) is 4.59. The minimum atomic E-state index is -4.94. The second kappa shape index (κ2) is 7.38. The molecular weight excluding hydrogens is 333 g/mol. The number of amides is 2. The van der Waals surface area contributed by atoms with Gasteiger partial charge in [0.25, 0.3) is 5.91 Å². The predicted octanol–water partition coefficient (Wildman–Crippen LogP) is 4.16. The normalized spacial score (nSPS) is 11.1. The van der Waals surface area contributed by atoms with Gasteiger partial charge in [0.15, 0.2) is 0 Å². The van der Waals surface area contributed by atoms with E-state index in [1.54, 1.807) is 18.2 Å². The maximum absolute atomic E-state index is 12.6. The Bertz CT molecular complexity index is 771. The van der Waals surface area contributed by atoms with Crippen molar-refractivity contribution in [1.82, 2.24) is 0 Å². The van der Waals surface area contributed by atoms with Crippen LogP contribution in [0.5, 0.6) is 0 Å². The van der Waals surface area contributed by atoms with Gasteiger partial charge in [0.2, 0.25) is 0 Å². The summed E-state index contributed by atoms with van der Waals surface area (Å²) in [5.74, 6) is -2.25. The fraction of sp³-hybridized carbons (Fsp3) is 0.222. The number of alkyl halides is 3. The smallest absolute Gasteiger partial charge is 0.322 e. The van der Waals surface area contributed by atoms with E-state index in [4.69, 9.17) is 0 Å². The molecule has 0 saturated carbocycles. The molecule has 2 amide bonds. The Morgan fingerprint density at radius 3 is 2.24 bits per heavy atom. The second-order valence-electron chi connectivity index (χ2n) is 5.42. The van der Waals surface area contributed by atoms with Crippen molar-refractivity contribution < 1.29 is 22.8 Å². The Hall–Kier alpha value is -2.83. The summed E-state index contributed by atoms with van der Waals surface area (Å²) in [4.78, 5) is 24.2. The lowest BCUT2D eigenvalue weighted by atomic mass is 10.1. The summed E-state index contributed by atoms with van der Waals surface area (Å²) in [6.07, 6.45) is -4.94. The molecule has 7 heteroatoms. The number of anilines is 2. The van der Waals surface area contributed by atoms with E-state index in [0.717, 1.165) is 5.56 Å². The first-order valence-electron chi connectivity index (χ1n) is 7.59. The molecule has 132 valence electrons. The zero-order valence-corrected chi connectivity index (χ0v) is 13.7. The highest BCUT2D eigenvalue weighted by atomic mass is 19.4. The van der Waals surface area contributed by atoms with E-state index >= 15 is 0 Å². The number of aryl methyl sites for hydroxylation is 1. The molecule has 0 aliphatic carbocycles. The average molecular weight is 350 g/mol. The van der Waals surface area contributed by atoms with Gasteiger partial charge in [-0.1, -0.05) is 17.7 Å². The molecule has 0 aromatic heterocycles. The van der Waals surface area contributed by atoms with E-state index in [9.17, 15) is 22.8 Å². The largest absolute Gasteiger partial charge is 0.471 e. The lowest BCUT2D eigenvalue weighted by Crippen LogP contribution is -2.41. The van der Waals surface area contributed by atoms with Crippen molar-refractivity contribution in [3.05, 3.63) is 59.7 Å². The monoisotopic (exact) mass is 350 g/mol. The number of hydrogen-bond acceptors (Lipinski definition) is 2. The van der Waals surface area contributed by atoms with Crippen molar-refractivity contribution in [1.29, 1.82) is 0 Å². The Morgan fingerprint density at radius 1 is 1.08 bits per heavy atom. The minimum Gasteiger partial charge on any atom is -0.322 e. The first-order chi connectivity index (χ1) is 11.7. The van der Waals surface area contributed by atoms with Gasteiger partial charge in [-0.15, -0.1) is 0 Å². The number of rotatable bonds is 4. The van der Waals surface area contributed by atoms with Crippen molar-refractivity contribution in [2.75, 3.05) is 16.8 Å². The quantitative estimate of drug-likeness (QED) is 0.900. The zero-order valence-electron chi connectivity index (χ0n) is 13.7. The van der Waals surface area contributed by atoms with Gasteiger partial charge >= 0.3 is 12.1 Å². The molecule has 0 bridgehead atoms. The van der Waals surface area contributed by atoms with E-state index in [1.165, 1.54) is 31.2 Å². The first-order valence-corrected chi connectivity index (χ1v) is 7.59. The van der Waals surface area contributed by atoms with Gasteiger partial charge in [0.05, 0.1) is 0 Å². The van der Waals surface area contributed by atoms with Gasteiger partial charge in [0.1, 0.15) is 0 Å². The van der Waals surface area contributed by atoms with Gasteiger partial charge in [-0.05, 0) is 50.2 Å². The first kappa shape index (κ1) is 18.5.